The van der Waals surface area contributed by atoms with Crippen LogP contribution in [0.15, 0.2) is 106 Å². The molecule has 0 radical (unpaired) electrons. The van der Waals surface area contributed by atoms with E-state index in [-0.39, 0.29) is 34.2 Å². The summed E-state index contributed by atoms with van der Waals surface area (Å²) in [6.07, 6.45) is 2.86. The molecule has 6 heteroatoms. The molecule has 6 nitrogen and oxygen atoms in total. The minimum absolute atomic E-state index is 0.0778. The van der Waals surface area contributed by atoms with Crippen molar-refractivity contribution < 1.29 is 19.8 Å². The minimum Gasteiger partial charge on any atom is -0.506 e. The van der Waals surface area contributed by atoms with Crippen molar-refractivity contribution in [3.8, 4) is 0 Å². The first-order chi connectivity index (χ1) is 22.8. The van der Waals surface area contributed by atoms with Crippen LogP contribution in [0.4, 0.5) is 0 Å². The third-order valence-electron chi connectivity index (χ3n) is 8.41. The normalized spacial score (nSPS) is 14.1. The van der Waals surface area contributed by atoms with Crippen molar-refractivity contribution in [3.05, 3.63) is 152 Å². The summed E-state index contributed by atoms with van der Waals surface area (Å²) in [5, 5.41) is 23.0. The fourth-order valence-corrected chi connectivity index (χ4v) is 6.32. The molecule has 4 aromatic rings. The van der Waals surface area contributed by atoms with Crippen LogP contribution in [0.3, 0.4) is 0 Å². The smallest absolute Gasteiger partial charge is 0.165 e. The zero-order valence-corrected chi connectivity index (χ0v) is 29.0. The Balaban J connectivity index is 1.93. The molecular weight excluding hydrogens is 596 g/mol. The number of rotatable bonds is 11. The van der Waals surface area contributed by atoms with Crippen molar-refractivity contribution in [3.63, 3.8) is 0 Å². The maximum atomic E-state index is 13.0. The molecule has 4 aromatic carbocycles. The molecule has 0 aromatic heterocycles. The SMILES string of the molecule is CC(=O)/C(C=N[C@@H](c1ccccc1)[C@@H](N=C/C(C(C)=O)=C(\O)c1c(C)cc(C)cc1C)c1ccccc1)=C(/O)c1c(C)cc(C)cc1C. The van der Waals surface area contributed by atoms with Gasteiger partial charge in [0.25, 0.3) is 0 Å². The number of carbonyl (C=O) groups is 2. The molecule has 0 heterocycles. The standard InChI is InChI=1S/C42H44N2O4/c1-25-19-27(3)37(28(4)20-25)41(47)35(31(7)45)23-43-39(33-15-11-9-12-16-33)40(34-17-13-10-14-18-34)44-24-36(32(8)46)42(48)38-29(5)21-26(2)22-30(38)6/h9-24,39-40,47-48H,1-8H3/b41-35+,42-36+,43-23?,44-24?/t39-,40-/m0/s1. The highest BCUT2D eigenvalue weighted by atomic mass is 16.3. The van der Waals surface area contributed by atoms with Crippen LogP contribution in [0, 0.1) is 41.5 Å². The molecule has 2 atom stereocenters. The van der Waals surface area contributed by atoms with Gasteiger partial charge in [0, 0.05) is 23.6 Å². The second-order valence-corrected chi connectivity index (χ2v) is 12.5. The Bertz CT molecular complexity index is 1760. The summed E-state index contributed by atoms with van der Waals surface area (Å²) >= 11 is 0. The highest BCUT2D eigenvalue weighted by Gasteiger charge is 2.25. The number of Topliss-reactive ketones (excluding diaryl/α,β-unsaturated/α-hetero) is 2. The van der Waals surface area contributed by atoms with Gasteiger partial charge in [0.05, 0.1) is 11.1 Å². The molecule has 0 fully saturated rings. The second-order valence-electron chi connectivity index (χ2n) is 12.5. The lowest BCUT2D eigenvalue weighted by molar-refractivity contribution is -0.114. The quantitative estimate of drug-likeness (QED) is 0.0969. The lowest BCUT2D eigenvalue weighted by Crippen LogP contribution is -2.12. The Morgan fingerprint density at radius 3 is 1.10 bits per heavy atom. The Labute approximate surface area is 283 Å². The molecule has 2 N–H and O–H groups in total. The van der Waals surface area contributed by atoms with Gasteiger partial charge in [-0.25, -0.2) is 0 Å². The first kappa shape index (κ1) is 35.5. The van der Waals surface area contributed by atoms with E-state index in [0.29, 0.717) is 11.1 Å². The largest absolute Gasteiger partial charge is 0.506 e. The fourth-order valence-electron chi connectivity index (χ4n) is 6.32. The Morgan fingerprint density at radius 2 is 0.833 bits per heavy atom. The van der Waals surface area contributed by atoms with Crippen molar-refractivity contribution in [1.29, 1.82) is 0 Å². The number of allylic oxidation sites excluding steroid dienone is 2. The number of nitrogens with zero attached hydrogens (tertiary/aromatic N) is 2. The zero-order valence-electron chi connectivity index (χ0n) is 29.0. The topological polar surface area (TPSA) is 99.3 Å². The average Bonchev–Trinajstić information content (AvgIpc) is 3.01. The molecular formula is C42H44N2O4. The van der Waals surface area contributed by atoms with Gasteiger partial charge in [-0.3, -0.25) is 19.6 Å². The predicted molar refractivity (Wildman–Crippen MR) is 197 cm³/mol. The summed E-state index contributed by atoms with van der Waals surface area (Å²) in [5.41, 5.74) is 8.51. The fraction of sp³-hybridized carbons (Fsp3) is 0.238. The second kappa shape index (κ2) is 15.5. The molecule has 0 spiro atoms. The number of hydrogen-bond acceptors (Lipinski definition) is 6. The molecule has 48 heavy (non-hydrogen) atoms. The van der Waals surface area contributed by atoms with E-state index in [1.165, 1.54) is 26.3 Å². The van der Waals surface area contributed by atoms with Crippen LogP contribution in [-0.2, 0) is 9.59 Å². The van der Waals surface area contributed by atoms with Crippen LogP contribution >= 0.6 is 0 Å². The maximum absolute atomic E-state index is 13.0. The van der Waals surface area contributed by atoms with Crippen molar-refractivity contribution in [2.24, 2.45) is 9.98 Å². The number of benzene rings is 4. The van der Waals surface area contributed by atoms with E-state index in [1.54, 1.807) is 0 Å². The summed E-state index contributed by atoms with van der Waals surface area (Å²) in [5.74, 6) is -0.942. The number of aryl methyl sites for hydroxylation is 6. The van der Waals surface area contributed by atoms with Crippen molar-refractivity contribution in [1.82, 2.24) is 0 Å². The van der Waals surface area contributed by atoms with Gasteiger partial charge in [0.1, 0.15) is 23.6 Å². The number of carbonyl (C=O) groups excluding carboxylic acids is 2. The van der Waals surface area contributed by atoms with E-state index in [1.807, 2.05) is 126 Å². The van der Waals surface area contributed by atoms with Gasteiger partial charge in [-0.15, -0.1) is 0 Å². The van der Waals surface area contributed by atoms with Crippen LogP contribution in [0.5, 0.6) is 0 Å². The first-order valence-electron chi connectivity index (χ1n) is 16.0. The van der Waals surface area contributed by atoms with Crippen LogP contribution < -0.4 is 0 Å². The van der Waals surface area contributed by atoms with Gasteiger partial charge in [-0.1, -0.05) is 96.1 Å². The van der Waals surface area contributed by atoms with Crippen molar-refractivity contribution in [2.45, 2.75) is 67.5 Å². The molecule has 0 bridgehead atoms. The van der Waals surface area contributed by atoms with E-state index in [2.05, 4.69) is 0 Å². The molecule has 0 saturated carbocycles. The number of aliphatic hydroxyl groups excluding tert-OH is 2. The monoisotopic (exact) mass is 640 g/mol. The van der Waals surface area contributed by atoms with E-state index in [9.17, 15) is 19.8 Å². The molecule has 0 aliphatic heterocycles. The number of hydrogen-bond donors (Lipinski definition) is 2. The number of aliphatic imine (C=N–C) groups is 2. The molecule has 0 aliphatic carbocycles. The number of aliphatic hydroxyl groups is 2. The maximum Gasteiger partial charge on any atom is 0.165 e. The molecule has 4 rings (SSSR count). The molecule has 0 saturated heterocycles. The van der Waals surface area contributed by atoms with E-state index in [0.717, 1.165) is 44.5 Å². The van der Waals surface area contributed by atoms with Crippen LogP contribution in [0.2, 0.25) is 0 Å². The third-order valence-corrected chi connectivity index (χ3v) is 8.41. The van der Waals surface area contributed by atoms with Crippen molar-refractivity contribution in [2.75, 3.05) is 0 Å². The lowest BCUT2D eigenvalue weighted by Gasteiger charge is -2.22. The van der Waals surface area contributed by atoms with Gasteiger partial charge in [0.2, 0.25) is 0 Å². The van der Waals surface area contributed by atoms with Gasteiger partial charge >= 0.3 is 0 Å². The van der Waals surface area contributed by atoms with Crippen LogP contribution in [-0.4, -0.2) is 34.2 Å². The molecule has 0 aliphatic rings. The Morgan fingerprint density at radius 1 is 0.542 bits per heavy atom. The van der Waals surface area contributed by atoms with Gasteiger partial charge in [-0.05, 0) is 88.8 Å². The lowest BCUT2D eigenvalue weighted by atomic mass is 9.93. The molecule has 0 amide bonds. The van der Waals surface area contributed by atoms with Gasteiger partial charge in [-0.2, -0.15) is 0 Å². The minimum atomic E-state index is -0.662. The predicted octanol–water partition coefficient (Wildman–Crippen LogP) is 9.58. The number of ketones is 2. The van der Waals surface area contributed by atoms with E-state index >= 15 is 0 Å². The summed E-state index contributed by atoms with van der Waals surface area (Å²) in [6.45, 7) is 14.4. The van der Waals surface area contributed by atoms with Crippen LogP contribution in [0.25, 0.3) is 11.5 Å². The molecule has 246 valence electrons. The van der Waals surface area contributed by atoms with Crippen molar-refractivity contribution >= 4 is 35.5 Å². The van der Waals surface area contributed by atoms with E-state index < -0.39 is 12.1 Å². The third kappa shape index (κ3) is 8.13. The van der Waals surface area contributed by atoms with E-state index in [4.69, 9.17) is 9.98 Å². The molecule has 0 unspecified atom stereocenters. The highest BCUT2D eigenvalue weighted by molar-refractivity contribution is 6.18. The van der Waals surface area contributed by atoms with Gasteiger partial charge in [0.15, 0.2) is 11.6 Å². The summed E-state index contributed by atoms with van der Waals surface area (Å²) in [4.78, 5) is 35.9. The highest BCUT2D eigenvalue weighted by Crippen LogP contribution is 2.36. The average molecular weight is 641 g/mol. The van der Waals surface area contributed by atoms with Crippen LogP contribution in [0.1, 0.15) is 81.6 Å². The first-order valence-corrected chi connectivity index (χ1v) is 16.0. The summed E-state index contributed by atoms with van der Waals surface area (Å²) in [7, 11) is 0. The Kier molecular flexibility index (Phi) is 11.5. The zero-order chi connectivity index (χ0) is 35.1. The Hall–Kier alpha value is -5.36. The summed E-state index contributed by atoms with van der Waals surface area (Å²) < 4.78 is 0. The summed E-state index contributed by atoms with van der Waals surface area (Å²) in [6, 6.07) is 25.7. The van der Waals surface area contributed by atoms with Gasteiger partial charge < -0.3 is 10.2 Å².